The van der Waals surface area contributed by atoms with Gasteiger partial charge >= 0.3 is 20.4 Å². The minimum Gasteiger partial charge on any atom is -0.418 e. The average molecular weight is 826 g/mol. The monoisotopic (exact) mass is 826 g/mol. The molecule has 0 spiro atoms. The predicted octanol–water partition coefficient (Wildman–Crippen LogP) is 15.0. The van der Waals surface area contributed by atoms with Crippen LogP contribution in [0.3, 0.4) is 0 Å². The van der Waals surface area contributed by atoms with E-state index in [2.05, 4.69) is 61.2 Å². The van der Waals surface area contributed by atoms with Gasteiger partial charge in [0.2, 0.25) is 0 Å². The van der Waals surface area contributed by atoms with Crippen molar-refractivity contribution in [1.82, 2.24) is 4.57 Å². The highest BCUT2D eigenvalue weighted by molar-refractivity contribution is 6.50. The second-order valence-corrected chi connectivity index (χ2v) is 14.9. The second kappa shape index (κ2) is 40.1. The summed E-state index contributed by atoms with van der Waals surface area (Å²) < 4.78 is 83.9. The van der Waals surface area contributed by atoms with E-state index in [-0.39, 0.29) is 5.91 Å². The second-order valence-electron chi connectivity index (χ2n) is 14.9. The Morgan fingerprint density at radius 1 is 0.509 bits per heavy atom. The minimum atomic E-state index is -6.00. The summed E-state index contributed by atoms with van der Waals surface area (Å²) in [6.45, 7) is 5.74. The molecular formula is C43H77B2F8N3O. The fraction of sp³-hybridized carbons (Fsp3) is 0.744. The van der Waals surface area contributed by atoms with Gasteiger partial charge in [0.1, 0.15) is 18.9 Å². The van der Waals surface area contributed by atoms with Crippen LogP contribution in [-0.2, 0) is 13.6 Å². The summed E-state index contributed by atoms with van der Waals surface area (Å²) in [5.74, 6) is 0.207. The number of allylic oxidation sites excluding steroid dienone is 2. The molecule has 0 aromatic carbocycles. The van der Waals surface area contributed by atoms with Crippen LogP contribution < -0.4 is 9.13 Å². The number of hydrogen-bond donors (Lipinski definition) is 0. The van der Waals surface area contributed by atoms with Crippen molar-refractivity contribution in [1.29, 1.82) is 0 Å². The molecule has 4 nitrogen and oxygen atoms in total. The van der Waals surface area contributed by atoms with Gasteiger partial charge in [0.05, 0.1) is 13.5 Å². The Balaban J connectivity index is 0. The number of halogens is 8. The Labute approximate surface area is 341 Å². The zero-order chi connectivity index (χ0) is 42.9. The van der Waals surface area contributed by atoms with Crippen molar-refractivity contribution >= 4 is 20.4 Å². The molecule has 0 saturated heterocycles. The van der Waals surface area contributed by atoms with Crippen LogP contribution in [0.1, 0.15) is 198 Å². The first-order valence-corrected chi connectivity index (χ1v) is 22.1. The normalized spacial score (nSPS) is 11.4. The maximum atomic E-state index is 11.9. The zero-order valence-electron chi connectivity index (χ0n) is 35.7. The first-order chi connectivity index (χ1) is 27.2. The summed E-state index contributed by atoms with van der Waals surface area (Å²) >= 11 is 0. The molecule has 0 aliphatic rings. The Morgan fingerprint density at radius 2 is 0.860 bits per heavy atom. The van der Waals surface area contributed by atoms with Gasteiger partial charge in [0.25, 0.3) is 6.33 Å². The van der Waals surface area contributed by atoms with Gasteiger partial charge in [0, 0.05) is 18.6 Å². The highest BCUT2D eigenvalue weighted by atomic mass is 19.5. The molecule has 0 amide bonds. The third-order valence-corrected chi connectivity index (χ3v) is 9.26. The molecule has 0 saturated carbocycles. The molecule has 0 radical (unpaired) electrons. The van der Waals surface area contributed by atoms with Crippen molar-refractivity contribution in [2.75, 3.05) is 0 Å². The number of hydrogen-bond acceptors (Lipinski definition) is 1. The van der Waals surface area contributed by atoms with Crippen LogP contribution in [0.15, 0.2) is 61.5 Å². The van der Waals surface area contributed by atoms with Gasteiger partial charge in [0.15, 0.2) is 12.4 Å². The largest absolute Gasteiger partial charge is 0.673 e. The highest BCUT2D eigenvalue weighted by Crippen LogP contribution is 2.14. The topological polar surface area (TPSA) is 29.8 Å². The fourth-order valence-corrected chi connectivity index (χ4v) is 6.15. The third kappa shape index (κ3) is 53.3. The zero-order valence-corrected chi connectivity index (χ0v) is 35.7. The molecule has 57 heavy (non-hydrogen) atoms. The SMILES string of the molecule is CCCCCCCCC=CCCCCCCCC(=O)n1cc[n+](C)c1.CCCCCCCCCCCCCCCC[n+]1ccccc1.F[B-](F)(F)F.F[B-](F)(F)F. The Morgan fingerprint density at radius 3 is 1.23 bits per heavy atom. The molecule has 0 atom stereocenters. The van der Waals surface area contributed by atoms with Crippen molar-refractivity contribution < 1.29 is 48.5 Å². The molecule has 0 aliphatic carbocycles. The smallest absolute Gasteiger partial charge is 0.418 e. The molecule has 2 aromatic rings. The van der Waals surface area contributed by atoms with Crippen molar-refractivity contribution in [2.24, 2.45) is 7.05 Å². The van der Waals surface area contributed by atoms with E-state index in [1.165, 1.54) is 173 Å². The summed E-state index contributed by atoms with van der Waals surface area (Å²) in [6.07, 6.45) is 52.2. The van der Waals surface area contributed by atoms with Crippen LogP contribution >= 0.6 is 0 Å². The van der Waals surface area contributed by atoms with Gasteiger partial charge in [-0.2, -0.15) is 4.57 Å². The number of rotatable bonds is 30. The molecule has 2 aromatic heterocycles. The summed E-state index contributed by atoms with van der Waals surface area (Å²) in [4.78, 5) is 11.9. The van der Waals surface area contributed by atoms with Gasteiger partial charge in [-0.25, -0.2) is 13.9 Å². The molecule has 0 bridgehead atoms. The van der Waals surface area contributed by atoms with Gasteiger partial charge in [-0.1, -0.05) is 160 Å². The molecule has 0 fully saturated rings. The van der Waals surface area contributed by atoms with Gasteiger partial charge in [-0.15, -0.1) is 0 Å². The lowest BCUT2D eigenvalue weighted by molar-refractivity contribution is -0.697. The van der Waals surface area contributed by atoms with E-state index >= 15 is 0 Å². The Hall–Kier alpha value is -2.66. The summed E-state index contributed by atoms with van der Waals surface area (Å²) in [6, 6.07) is 6.31. The standard InChI is InChI=1S/C22H39N2O.C21H38N.2BF4/c1-3-4-5-6-7-8-9-10-11-12-13-14-15-16-17-18-22(25)24-20-19-23(2)21-24;1-2-3-4-5-6-7-8-9-10-11-12-13-14-16-19-22-20-17-15-18-21-22;2*2-1(3,4)5/h10-11,19-21H,3-9,12-18H2,1-2H3;15,17-18,20-21H,2-14,16,19H2,1H3;;/q2*+1;2*-1. The highest BCUT2D eigenvalue weighted by Gasteiger charge is 2.21. The lowest BCUT2D eigenvalue weighted by atomic mass is 10.0. The molecule has 0 unspecified atom stereocenters. The predicted molar refractivity (Wildman–Crippen MR) is 223 cm³/mol. The van der Waals surface area contributed by atoms with Crippen molar-refractivity contribution in [3.63, 3.8) is 0 Å². The van der Waals surface area contributed by atoms with E-state index in [1.54, 1.807) is 4.57 Å². The molecule has 2 heterocycles. The number of nitrogens with zero attached hydrogens (tertiary/aromatic N) is 3. The Bertz CT molecular complexity index is 1140. The number of aryl methyl sites for hydroxylation is 2. The van der Waals surface area contributed by atoms with Crippen molar-refractivity contribution in [3.05, 3.63) is 61.5 Å². The van der Waals surface area contributed by atoms with Crippen molar-refractivity contribution in [2.45, 2.75) is 200 Å². The molecule has 332 valence electrons. The van der Waals surface area contributed by atoms with Crippen LogP contribution in [-0.4, -0.2) is 25.0 Å². The molecular weight excluding hydrogens is 748 g/mol. The van der Waals surface area contributed by atoms with Crippen LogP contribution in [0.5, 0.6) is 0 Å². The summed E-state index contributed by atoms with van der Waals surface area (Å²) in [5, 5.41) is 0. The molecule has 14 heteroatoms. The minimum absolute atomic E-state index is 0.207. The molecule has 0 N–H and O–H groups in total. The van der Waals surface area contributed by atoms with E-state index in [4.69, 9.17) is 0 Å². The lowest BCUT2D eigenvalue weighted by Gasteiger charge is -2.02. The number of aromatic nitrogens is 3. The van der Waals surface area contributed by atoms with Crippen LogP contribution in [0.4, 0.5) is 34.5 Å². The number of imidazole rings is 1. The first kappa shape index (κ1) is 56.4. The quantitative estimate of drug-likeness (QED) is 0.0254. The van der Waals surface area contributed by atoms with Crippen LogP contribution in [0.2, 0.25) is 0 Å². The maximum absolute atomic E-state index is 11.9. The van der Waals surface area contributed by atoms with Crippen LogP contribution in [0.25, 0.3) is 0 Å². The summed E-state index contributed by atoms with van der Waals surface area (Å²) in [7, 11) is -10.1. The van der Waals surface area contributed by atoms with E-state index < -0.39 is 14.5 Å². The average Bonchev–Trinajstić information content (AvgIpc) is 3.59. The lowest BCUT2D eigenvalue weighted by Crippen LogP contribution is -2.32. The number of carbonyl (C=O) groups excluding carboxylic acids is 1. The third-order valence-electron chi connectivity index (χ3n) is 9.26. The fourth-order valence-electron chi connectivity index (χ4n) is 6.15. The number of carbonyl (C=O) groups is 1. The summed E-state index contributed by atoms with van der Waals surface area (Å²) in [5.41, 5.74) is 0. The van der Waals surface area contributed by atoms with Gasteiger partial charge in [-0.3, -0.25) is 0 Å². The van der Waals surface area contributed by atoms with E-state index in [9.17, 15) is 39.3 Å². The Kier molecular flexibility index (Phi) is 39.7. The van der Waals surface area contributed by atoms with Crippen LogP contribution in [0, 0.1) is 0 Å². The number of pyridine rings is 1. The van der Waals surface area contributed by atoms with E-state index in [1.807, 2.05) is 30.3 Å². The van der Waals surface area contributed by atoms with Crippen molar-refractivity contribution in [3.8, 4) is 0 Å². The van der Waals surface area contributed by atoms with Gasteiger partial charge < -0.3 is 34.5 Å². The number of unbranched alkanes of at least 4 members (excludes halogenated alkanes) is 24. The maximum Gasteiger partial charge on any atom is 0.673 e. The molecule has 0 aliphatic heterocycles. The van der Waals surface area contributed by atoms with Gasteiger partial charge in [-0.05, 0) is 38.5 Å². The van der Waals surface area contributed by atoms with E-state index in [0.29, 0.717) is 6.42 Å². The first-order valence-electron chi connectivity index (χ1n) is 22.1. The molecule has 2 rings (SSSR count). The van der Waals surface area contributed by atoms with E-state index in [0.717, 1.165) is 6.42 Å².